The molecular formula is C20H32Cl4N8. The second-order valence-electron chi connectivity index (χ2n) is 7.50. The van der Waals surface area contributed by atoms with E-state index in [1.807, 2.05) is 52.0 Å². The van der Waals surface area contributed by atoms with Crippen LogP contribution in [-0.2, 0) is 0 Å². The van der Waals surface area contributed by atoms with Crippen molar-refractivity contribution in [1.82, 2.24) is 0 Å². The first-order chi connectivity index (χ1) is 13.0. The van der Waals surface area contributed by atoms with Gasteiger partial charge in [-0.05, 0) is 64.1 Å². The molecule has 0 unspecified atom stereocenters. The summed E-state index contributed by atoms with van der Waals surface area (Å²) in [5.41, 5.74) is 24.7. The van der Waals surface area contributed by atoms with Crippen LogP contribution >= 0.6 is 49.6 Å². The predicted molar refractivity (Wildman–Crippen MR) is 146 cm³/mol. The van der Waals surface area contributed by atoms with E-state index in [4.69, 9.17) is 22.9 Å². The smallest absolute Gasteiger partial charge is 0.133 e. The van der Waals surface area contributed by atoms with E-state index in [0.717, 1.165) is 0 Å². The van der Waals surface area contributed by atoms with Gasteiger partial charge in [0.15, 0.2) is 0 Å². The summed E-state index contributed by atoms with van der Waals surface area (Å²) in [6, 6.07) is 14.3. The fourth-order valence-electron chi connectivity index (χ4n) is 2.09. The molecule has 2 rings (SSSR count). The van der Waals surface area contributed by atoms with E-state index in [0.29, 0.717) is 34.4 Å². The van der Waals surface area contributed by atoms with Crippen molar-refractivity contribution in [3.63, 3.8) is 0 Å². The third-order valence-corrected chi connectivity index (χ3v) is 4.04. The lowest BCUT2D eigenvalue weighted by Gasteiger charge is -2.22. The third-order valence-electron chi connectivity index (χ3n) is 4.04. The molecule has 12 heteroatoms. The Kier molecular flexibility index (Phi) is 15.0. The van der Waals surface area contributed by atoms with Crippen LogP contribution in [0.5, 0.6) is 0 Å². The maximum Gasteiger partial charge on any atom is 0.133 e. The van der Waals surface area contributed by atoms with Gasteiger partial charge in [-0.15, -0.1) is 49.6 Å². The van der Waals surface area contributed by atoms with Crippen molar-refractivity contribution in [1.29, 1.82) is 0 Å². The summed E-state index contributed by atoms with van der Waals surface area (Å²) in [5.74, 6) is 0.619. The fourth-order valence-corrected chi connectivity index (χ4v) is 2.09. The van der Waals surface area contributed by atoms with Crippen LogP contribution in [0.4, 0.5) is 22.7 Å². The topological polar surface area (TPSA) is 154 Å². The van der Waals surface area contributed by atoms with E-state index in [2.05, 4.69) is 20.2 Å². The van der Waals surface area contributed by atoms with Crippen molar-refractivity contribution in [2.45, 2.75) is 38.8 Å². The van der Waals surface area contributed by atoms with Crippen LogP contribution in [0.3, 0.4) is 0 Å². The minimum Gasteiger partial charge on any atom is -0.399 e. The van der Waals surface area contributed by atoms with Crippen LogP contribution in [-0.4, -0.2) is 22.7 Å². The number of rotatable bonds is 6. The number of anilines is 2. The van der Waals surface area contributed by atoms with Crippen molar-refractivity contribution in [2.75, 3.05) is 11.5 Å². The van der Waals surface area contributed by atoms with Crippen LogP contribution in [0.15, 0.2) is 68.7 Å². The Morgan fingerprint density at radius 1 is 0.625 bits per heavy atom. The van der Waals surface area contributed by atoms with Crippen LogP contribution in [0.25, 0.3) is 0 Å². The van der Waals surface area contributed by atoms with Gasteiger partial charge in [0.05, 0.1) is 11.4 Å². The summed E-state index contributed by atoms with van der Waals surface area (Å²) >= 11 is 0. The Labute approximate surface area is 214 Å². The van der Waals surface area contributed by atoms with Crippen LogP contribution in [0.2, 0.25) is 0 Å². The molecule has 0 aliphatic carbocycles. The molecule has 0 aliphatic rings. The van der Waals surface area contributed by atoms with Gasteiger partial charge >= 0.3 is 0 Å². The Morgan fingerprint density at radius 3 is 1.22 bits per heavy atom. The molecule has 0 amide bonds. The average Bonchev–Trinajstić information content (AvgIpc) is 2.60. The molecule has 0 bridgehead atoms. The van der Waals surface area contributed by atoms with Crippen molar-refractivity contribution < 1.29 is 0 Å². The van der Waals surface area contributed by atoms with E-state index >= 15 is 0 Å². The van der Waals surface area contributed by atoms with Crippen LogP contribution < -0.4 is 22.9 Å². The van der Waals surface area contributed by atoms with Gasteiger partial charge in [0.25, 0.3) is 0 Å². The zero-order valence-corrected chi connectivity index (χ0v) is 21.6. The van der Waals surface area contributed by atoms with Crippen molar-refractivity contribution >= 4 is 84.0 Å². The maximum atomic E-state index is 6.16. The molecule has 2 aromatic rings. The number of benzene rings is 2. The summed E-state index contributed by atoms with van der Waals surface area (Å²) in [4.78, 5) is 8.80. The largest absolute Gasteiger partial charge is 0.399 e. The molecule has 8 N–H and O–H groups in total. The normalized spacial score (nSPS) is 12.1. The van der Waals surface area contributed by atoms with Gasteiger partial charge in [-0.25, -0.2) is 9.98 Å². The lowest BCUT2D eigenvalue weighted by Crippen LogP contribution is -2.39. The summed E-state index contributed by atoms with van der Waals surface area (Å²) in [5, 5.41) is 8.76. The second kappa shape index (κ2) is 14.0. The quantitative estimate of drug-likeness (QED) is 0.176. The van der Waals surface area contributed by atoms with E-state index in [9.17, 15) is 0 Å². The van der Waals surface area contributed by atoms with E-state index in [-0.39, 0.29) is 49.6 Å². The summed E-state index contributed by atoms with van der Waals surface area (Å²) in [7, 11) is 0. The Hall–Kier alpha value is -2.26. The Morgan fingerprint density at radius 2 is 0.938 bits per heavy atom. The first-order valence-electron chi connectivity index (χ1n) is 8.84. The number of nitrogens with two attached hydrogens (primary N) is 4. The van der Waals surface area contributed by atoms with Gasteiger partial charge in [0, 0.05) is 11.4 Å². The van der Waals surface area contributed by atoms with Crippen LogP contribution in [0, 0.1) is 0 Å². The molecule has 0 saturated heterocycles. The minimum absolute atomic E-state index is 0. The highest BCUT2D eigenvalue weighted by molar-refractivity contribution is 5.93. The van der Waals surface area contributed by atoms with Crippen LogP contribution in [0.1, 0.15) is 27.7 Å². The van der Waals surface area contributed by atoms with Crippen molar-refractivity contribution in [2.24, 2.45) is 31.7 Å². The Bertz CT molecular complexity index is 867. The second-order valence-corrected chi connectivity index (χ2v) is 7.50. The lowest BCUT2D eigenvalue weighted by molar-refractivity contribution is 0.560. The van der Waals surface area contributed by atoms with Gasteiger partial charge in [0.2, 0.25) is 0 Å². The van der Waals surface area contributed by atoms with Gasteiger partial charge in [-0.1, -0.05) is 12.1 Å². The number of azo groups is 1. The molecule has 0 spiro atoms. The third kappa shape index (κ3) is 9.91. The number of hydrogen-bond acceptors (Lipinski definition) is 6. The molecule has 0 atom stereocenters. The van der Waals surface area contributed by atoms with Gasteiger partial charge in [-0.2, -0.15) is 10.2 Å². The summed E-state index contributed by atoms with van der Waals surface area (Å²) < 4.78 is 0. The number of hydrogen-bond donors (Lipinski definition) is 4. The molecule has 0 saturated carbocycles. The molecule has 180 valence electrons. The van der Waals surface area contributed by atoms with Crippen molar-refractivity contribution in [3.8, 4) is 0 Å². The molecular weight excluding hydrogens is 494 g/mol. The highest BCUT2D eigenvalue weighted by Gasteiger charge is 2.27. The monoisotopic (exact) mass is 524 g/mol. The zero-order chi connectivity index (χ0) is 20.9. The summed E-state index contributed by atoms with van der Waals surface area (Å²) in [6.45, 7) is 7.29. The van der Waals surface area contributed by atoms with Gasteiger partial charge in [-0.3, -0.25) is 0 Å². The number of halogens is 4. The SMILES string of the molecule is CC(C)(N=NC(C)(C)C(N)=Nc1cccc(N)c1)C(N)=Nc1cccc(N)c1.Cl.Cl.Cl.Cl. The standard InChI is InChI=1S/C20H28N8.4ClH/c1-19(2,17(23)25-15-9-5-7-13(21)11-15)27-28-20(3,4)18(24)26-16-10-6-8-14(22)12-16;;;;/h5-12H,21-22H2,1-4H3,(H2,23,25)(H2,24,26);4*1H. The van der Waals surface area contributed by atoms with Gasteiger partial charge < -0.3 is 22.9 Å². The molecule has 32 heavy (non-hydrogen) atoms. The highest BCUT2D eigenvalue weighted by atomic mass is 35.5. The maximum absolute atomic E-state index is 6.16. The van der Waals surface area contributed by atoms with E-state index in [1.165, 1.54) is 0 Å². The predicted octanol–water partition coefficient (Wildman–Crippen LogP) is 5.23. The van der Waals surface area contributed by atoms with Gasteiger partial charge in [0.1, 0.15) is 22.7 Å². The number of aliphatic imine (C=N–C) groups is 2. The van der Waals surface area contributed by atoms with E-state index < -0.39 is 11.1 Å². The molecule has 0 fully saturated rings. The molecule has 0 aromatic heterocycles. The lowest BCUT2D eigenvalue weighted by atomic mass is 10.0. The average molecular weight is 526 g/mol. The molecule has 2 aromatic carbocycles. The van der Waals surface area contributed by atoms with E-state index in [1.54, 1.807) is 24.3 Å². The minimum atomic E-state index is -0.834. The highest BCUT2D eigenvalue weighted by Crippen LogP contribution is 2.22. The molecule has 0 aliphatic heterocycles. The molecule has 8 nitrogen and oxygen atoms in total. The number of nitrogen functional groups attached to an aromatic ring is 2. The fraction of sp³-hybridized carbons (Fsp3) is 0.300. The first-order valence-corrected chi connectivity index (χ1v) is 8.84. The summed E-state index contributed by atoms with van der Waals surface area (Å²) in [6.07, 6.45) is 0. The molecule has 0 radical (unpaired) electrons. The zero-order valence-electron chi connectivity index (χ0n) is 18.4. The Balaban J connectivity index is -0.00000210. The number of amidine groups is 2. The number of nitrogens with zero attached hydrogens (tertiary/aromatic N) is 4. The van der Waals surface area contributed by atoms with Crippen molar-refractivity contribution in [3.05, 3.63) is 48.5 Å². The first kappa shape index (κ1) is 34.4. The molecule has 0 heterocycles.